The van der Waals surface area contributed by atoms with E-state index in [2.05, 4.69) is 5.32 Å². The lowest BCUT2D eigenvalue weighted by Crippen LogP contribution is -2.45. The number of allylic oxidation sites excluding steroid dienone is 2. The molecule has 2 bridgehead atoms. The summed E-state index contributed by atoms with van der Waals surface area (Å²) < 4.78 is 10.2. The highest BCUT2D eigenvalue weighted by atomic mass is 16.5. The van der Waals surface area contributed by atoms with E-state index in [1.54, 1.807) is 0 Å². The van der Waals surface area contributed by atoms with E-state index >= 15 is 0 Å². The van der Waals surface area contributed by atoms with Gasteiger partial charge in [0.05, 0.1) is 24.0 Å². The normalized spacial score (nSPS) is 25.5. The predicted molar refractivity (Wildman–Crippen MR) is 120 cm³/mol. The van der Waals surface area contributed by atoms with Gasteiger partial charge < -0.3 is 14.8 Å². The number of hydrogen-bond acceptors (Lipinski definition) is 7. The summed E-state index contributed by atoms with van der Waals surface area (Å²) in [5.41, 5.74) is 0.766. The average Bonchev–Trinajstić information content (AvgIpc) is 3.49. The number of carbonyl (C=O) groups excluding carboxylic acids is 5. The predicted octanol–water partition coefficient (Wildman–Crippen LogP) is 2.18. The van der Waals surface area contributed by atoms with Crippen LogP contribution < -0.4 is 5.32 Å². The first-order chi connectivity index (χ1) is 16.2. The first-order valence-electron chi connectivity index (χ1n) is 11.5. The molecule has 2 aliphatic carbocycles. The van der Waals surface area contributed by atoms with Gasteiger partial charge in [-0.15, -0.1) is 0 Å². The Kier molecular flexibility index (Phi) is 6.54. The summed E-state index contributed by atoms with van der Waals surface area (Å²) in [7, 11) is 0. The molecule has 34 heavy (non-hydrogen) atoms. The van der Waals surface area contributed by atoms with Gasteiger partial charge in [0.25, 0.3) is 5.91 Å². The fourth-order valence-corrected chi connectivity index (χ4v) is 4.88. The maximum atomic E-state index is 12.8. The molecule has 0 spiro atoms. The van der Waals surface area contributed by atoms with Crippen molar-refractivity contribution in [2.24, 2.45) is 29.6 Å². The number of carbonyl (C=O) groups is 5. The zero-order chi connectivity index (χ0) is 24.6. The highest BCUT2D eigenvalue weighted by Gasteiger charge is 2.60. The molecule has 0 aromatic heterocycles. The van der Waals surface area contributed by atoms with Gasteiger partial charge in [0.15, 0.2) is 6.61 Å². The Hall–Kier alpha value is -3.49. The largest absolute Gasteiger partial charge is 0.462 e. The van der Waals surface area contributed by atoms with Crippen LogP contribution in [-0.2, 0) is 28.7 Å². The molecule has 3 amide bonds. The van der Waals surface area contributed by atoms with Gasteiger partial charge in [0.1, 0.15) is 6.04 Å². The molecule has 1 aromatic carbocycles. The van der Waals surface area contributed by atoms with Crippen molar-refractivity contribution in [3.63, 3.8) is 0 Å². The van der Waals surface area contributed by atoms with Crippen molar-refractivity contribution in [3.05, 3.63) is 42.0 Å². The Bertz CT molecular complexity index is 1020. The van der Waals surface area contributed by atoms with Crippen molar-refractivity contribution >= 4 is 35.3 Å². The van der Waals surface area contributed by atoms with Crippen LogP contribution in [0.4, 0.5) is 5.69 Å². The minimum absolute atomic E-state index is 0.0499. The molecule has 1 saturated heterocycles. The summed E-state index contributed by atoms with van der Waals surface area (Å²) in [5, 5.41) is 2.57. The Labute approximate surface area is 197 Å². The Morgan fingerprint density at radius 3 is 2.12 bits per heavy atom. The van der Waals surface area contributed by atoms with Crippen molar-refractivity contribution < 1.29 is 33.4 Å². The molecule has 1 N–H and O–H groups in total. The molecule has 9 heteroatoms. The van der Waals surface area contributed by atoms with E-state index in [-0.39, 0.29) is 29.6 Å². The lowest BCUT2D eigenvalue weighted by molar-refractivity contribution is -0.159. The molecule has 0 radical (unpaired) electrons. The maximum absolute atomic E-state index is 12.8. The van der Waals surface area contributed by atoms with E-state index in [9.17, 15) is 24.0 Å². The number of benzene rings is 1. The van der Waals surface area contributed by atoms with Gasteiger partial charge in [-0.25, -0.2) is 9.59 Å². The lowest BCUT2D eigenvalue weighted by atomic mass is 9.85. The standard InChI is InChI=1S/C25H28N2O7/c1-13(2)11-33-25(32)15-6-8-18(9-7-15)26-19(28)12-34-24(31)14(3)27-22(29)20-16-4-5-17(10-16)21(20)23(27)30/h4-9,13-14,16-17,20-21H,10-12H2,1-3H3,(H,26,28)/t14-,16-,17-,20+,21+/m0/s1. The van der Waals surface area contributed by atoms with Gasteiger partial charge in [-0.1, -0.05) is 26.0 Å². The first-order valence-corrected chi connectivity index (χ1v) is 11.5. The average molecular weight is 469 g/mol. The number of imide groups is 1. The van der Waals surface area contributed by atoms with Gasteiger partial charge >= 0.3 is 11.9 Å². The number of ether oxygens (including phenoxy) is 2. The minimum Gasteiger partial charge on any atom is -0.462 e. The summed E-state index contributed by atoms with van der Waals surface area (Å²) in [6.45, 7) is 5.05. The van der Waals surface area contributed by atoms with Crippen LogP contribution in [0, 0.1) is 29.6 Å². The smallest absolute Gasteiger partial charge is 0.338 e. The van der Waals surface area contributed by atoms with Crippen LogP contribution in [0.1, 0.15) is 37.6 Å². The fourth-order valence-electron chi connectivity index (χ4n) is 4.88. The molecular weight excluding hydrogens is 440 g/mol. The zero-order valence-electron chi connectivity index (χ0n) is 19.4. The second-order valence-corrected chi connectivity index (χ2v) is 9.45. The van der Waals surface area contributed by atoms with Crippen LogP contribution in [0.15, 0.2) is 36.4 Å². The summed E-state index contributed by atoms with van der Waals surface area (Å²) >= 11 is 0. The molecule has 3 aliphatic rings. The van der Waals surface area contributed by atoms with Crippen molar-refractivity contribution in [1.29, 1.82) is 0 Å². The SMILES string of the molecule is CC(C)COC(=O)c1ccc(NC(=O)COC(=O)[C@H](C)N2C(=O)[C@H]3[C@H](C2=O)[C@H]2C=C[C@H]3C2)cc1. The van der Waals surface area contributed by atoms with Crippen molar-refractivity contribution in [1.82, 2.24) is 4.90 Å². The van der Waals surface area contributed by atoms with Gasteiger partial charge in [-0.3, -0.25) is 19.3 Å². The molecular formula is C25H28N2O7. The molecule has 1 aromatic rings. The summed E-state index contributed by atoms with van der Waals surface area (Å²) in [6.07, 6.45) is 4.77. The molecule has 180 valence electrons. The summed E-state index contributed by atoms with van der Waals surface area (Å²) in [4.78, 5) is 63.3. The molecule has 4 rings (SSSR count). The Balaban J connectivity index is 1.26. The van der Waals surface area contributed by atoms with Crippen molar-refractivity contribution in [2.45, 2.75) is 33.2 Å². The van der Waals surface area contributed by atoms with Crippen molar-refractivity contribution in [3.8, 4) is 0 Å². The molecule has 1 heterocycles. The third-order valence-electron chi connectivity index (χ3n) is 6.53. The molecule has 9 nitrogen and oxygen atoms in total. The Morgan fingerprint density at radius 2 is 1.56 bits per heavy atom. The van der Waals surface area contributed by atoms with Crippen molar-refractivity contribution in [2.75, 3.05) is 18.5 Å². The van der Waals surface area contributed by atoms with Crippen LogP contribution in [0.25, 0.3) is 0 Å². The van der Waals surface area contributed by atoms with Crippen LogP contribution in [0.3, 0.4) is 0 Å². The first kappa shape index (κ1) is 23.7. The number of nitrogens with one attached hydrogen (secondary N) is 1. The monoisotopic (exact) mass is 468 g/mol. The number of esters is 2. The number of hydrogen-bond donors (Lipinski definition) is 1. The van der Waals surface area contributed by atoms with E-state index in [1.165, 1.54) is 31.2 Å². The highest BCUT2D eigenvalue weighted by Crippen LogP contribution is 2.52. The maximum Gasteiger partial charge on any atom is 0.338 e. The van der Waals surface area contributed by atoms with Crippen LogP contribution in [0.5, 0.6) is 0 Å². The van der Waals surface area contributed by atoms with E-state index in [4.69, 9.17) is 9.47 Å². The number of likely N-dealkylation sites (tertiary alicyclic amines) is 1. The molecule has 1 saturated carbocycles. The van der Waals surface area contributed by atoms with Crippen LogP contribution >= 0.6 is 0 Å². The second kappa shape index (κ2) is 9.40. The Morgan fingerprint density at radius 1 is 0.971 bits per heavy atom. The van der Waals surface area contributed by atoms with E-state index < -0.39 is 42.3 Å². The number of anilines is 1. The van der Waals surface area contributed by atoms with E-state index in [0.717, 1.165) is 11.3 Å². The topological polar surface area (TPSA) is 119 Å². The van der Waals surface area contributed by atoms with Gasteiger partial charge in [0.2, 0.25) is 11.8 Å². The number of nitrogens with zero attached hydrogens (tertiary/aromatic N) is 1. The molecule has 0 unspecified atom stereocenters. The fraction of sp³-hybridized carbons (Fsp3) is 0.480. The zero-order valence-corrected chi connectivity index (χ0v) is 19.4. The highest BCUT2D eigenvalue weighted by molar-refractivity contribution is 6.09. The number of rotatable bonds is 8. The van der Waals surface area contributed by atoms with Crippen LogP contribution in [-0.4, -0.2) is 53.8 Å². The molecule has 1 aliphatic heterocycles. The van der Waals surface area contributed by atoms with Gasteiger partial charge in [-0.05, 0) is 55.4 Å². The minimum atomic E-state index is -1.10. The van der Waals surface area contributed by atoms with Gasteiger partial charge in [0, 0.05) is 5.69 Å². The lowest BCUT2D eigenvalue weighted by Gasteiger charge is -2.23. The molecule has 5 atom stereocenters. The second-order valence-electron chi connectivity index (χ2n) is 9.45. The third-order valence-corrected chi connectivity index (χ3v) is 6.53. The summed E-state index contributed by atoms with van der Waals surface area (Å²) in [5.74, 6) is -3.01. The van der Waals surface area contributed by atoms with E-state index in [1.807, 2.05) is 26.0 Å². The molecule has 2 fully saturated rings. The summed E-state index contributed by atoms with van der Waals surface area (Å²) in [6, 6.07) is 5.02. The quantitative estimate of drug-likeness (QED) is 0.353. The third kappa shape index (κ3) is 4.47. The van der Waals surface area contributed by atoms with Crippen LogP contribution in [0.2, 0.25) is 0 Å². The van der Waals surface area contributed by atoms with Gasteiger partial charge in [-0.2, -0.15) is 0 Å². The number of amides is 3. The number of fused-ring (bicyclic) bond motifs is 5. The van der Waals surface area contributed by atoms with E-state index in [0.29, 0.717) is 17.9 Å².